The van der Waals surface area contributed by atoms with Gasteiger partial charge in [-0.2, -0.15) is 0 Å². The van der Waals surface area contributed by atoms with Crippen molar-refractivity contribution in [1.82, 2.24) is 0 Å². The number of ether oxygens (including phenoxy) is 2. The molecule has 6 nitrogen and oxygen atoms in total. The van der Waals surface area contributed by atoms with Gasteiger partial charge in [-0.3, -0.25) is 9.59 Å². The lowest BCUT2D eigenvalue weighted by Gasteiger charge is -2.36. The average Bonchev–Trinajstić information content (AvgIpc) is 2.89. The normalized spacial score (nSPS) is 19.7. The Bertz CT molecular complexity index is 965. The fourth-order valence-electron chi connectivity index (χ4n) is 4.41. The summed E-state index contributed by atoms with van der Waals surface area (Å²) in [5, 5.41) is 3.11. The van der Waals surface area contributed by atoms with Crippen LogP contribution in [0.2, 0.25) is 0 Å². The monoisotopic (exact) mass is 422 g/mol. The first-order valence-electron chi connectivity index (χ1n) is 10.9. The Morgan fingerprint density at radius 2 is 1.81 bits per heavy atom. The van der Waals surface area contributed by atoms with Crippen LogP contribution in [0.3, 0.4) is 0 Å². The molecule has 4 rings (SSSR count). The van der Waals surface area contributed by atoms with Crippen LogP contribution >= 0.6 is 0 Å². The van der Waals surface area contributed by atoms with Gasteiger partial charge in [0.2, 0.25) is 11.8 Å². The lowest BCUT2D eigenvalue weighted by atomic mass is 9.73. The van der Waals surface area contributed by atoms with Crippen LogP contribution in [0.1, 0.15) is 39.2 Å². The van der Waals surface area contributed by atoms with Gasteiger partial charge in [0.1, 0.15) is 12.4 Å². The molecule has 2 heterocycles. The maximum atomic E-state index is 13.5. The highest BCUT2D eigenvalue weighted by Crippen LogP contribution is 2.40. The molecule has 31 heavy (non-hydrogen) atoms. The molecule has 0 aliphatic carbocycles. The van der Waals surface area contributed by atoms with Crippen molar-refractivity contribution in [2.24, 2.45) is 5.41 Å². The van der Waals surface area contributed by atoms with Crippen molar-refractivity contribution in [2.45, 2.75) is 39.0 Å². The molecule has 0 radical (unpaired) electrons. The van der Waals surface area contributed by atoms with Crippen molar-refractivity contribution in [2.75, 3.05) is 36.6 Å². The minimum Gasteiger partial charge on any atom is -0.490 e. The molecular weight excluding hydrogens is 392 g/mol. The van der Waals surface area contributed by atoms with Crippen molar-refractivity contribution in [3.63, 3.8) is 0 Å². The van der Waals surface area contributed by atoms with E-state index in [-0.39, 0.29) is 18.4 Å². The molecule has 2 aromatic rings. The van der Waals surface area contributed by atoms with Crippen molar-refractivity contribution in [1.29, 1.82) is 0 Å². The van der Waals surface area contributed by atoms with Gasteiger partial charge >= 0.3 is 0 Å². The molecule has 0 saturated carbocycles. The van der Waals surface area contributed by atoms with Crippen molar-refractivity contribution in [3.8, 4) is 5.75 Å². The summed E-state index contributed by atoms with van der Waals surface area (Å²) in [6.07, 6.45) is 1.27. The lowest BCUT2D eigenvalue weighted by molar-refractivity contribution is -0.127. The number of carbonyl (C=O) groups excluding carboxylic acids is 2. The molecule has 164 valence electrons. The quantitative estimate of drug-likeness (QED) is 0.804. The summed E-state index contributed by atoms with van der Waals surface area (Å²) in [7, 11) is 0. The third-order valence-corrected chi connectivity index (χ3v) is 6.34. The predicted octanol–water partition coefficient (Wildman–Crippen LogP) is 4.15. The van der Waals surface area contributed by atoms with Gasteiger partial charge in [0, 0.05) is 31.5 Å². The minimum atomic E-state index is -0.624. The molecule has 0 aromatic heterocycles. The summed E-state index contributed by atoms with van der Waals surface area (Å²) in [6, 6.07) is 15.4. The van der Waals surface area contributed by atoms with Crippen LogP contribution < -0.4 is 15.0 Å². The van der Waals surface area contributed by atoms with Crippen molar-refractivity contribution in [3.05, 3.63) is 54.1 Å². The van der Waals surface area contributed by atoms with Gasteiger partial charge in [0.15, 0.2) is 0 Å². The van der Waals surface area contributed by atoms with E-state index >= 15 is 0 Å². The topological polar surface area (TPSA) is 67.9 Å². The molecule has 0 atom stereocenters. The standard InChI is InChI=1S/C25H30N2O4/c1-4-27-20-11-10-19(16-21(20)31-17-24(2,3)23(27)29)26-22(28)25(12-14-30-15-13-25)18-8-6-5-7-9-18/h5-11,16H,4,12-15,17H2,1-3H3,(H,26,28). The first-order chi connectivity index (χ1) is 14.9. The highest BCUT2D eigenvalue weighted by atomic mass is 16.5. The van der Waals surface area contributed by atoms with E-state index in [4.69, 9.17) is 9.47 Å². The second-order valence-electron chi connectivity index (χ2n) is 8.92. The molecule has 2 aliphatic rings. The van der Waals surface area contributed by atoms with Gasteiger partial charge in [0.25, 0.3) is 0 Å². The van der Waals surface area contributed by atoms with Crippen LogP contribution in [0.4, 0.5) is 11.4 Å². The van der Waals surface area contributed by atoms with E-state index < -0.39 is 10.8 Å². The Morgan fingerprint density at radius 3 is 2.48 bits per heavy atom. The molecule has 2 amide bonds. The van der Waals surface area contributed by atoms with Gasteiger partial charge in [-0.1, -0.05) is 30.3 Å². The zero-order valence-electron chi connectivity index (χ0n) is 18.4. The van der Waals surface area contributed by atoms with E-state index in [1.165, 1.54) is 0 Å². The molecule has 0 spiro atoms. The van der Waals surface area contributed by atoms with Crippen LogP contribution in [0.5, 0.6) is 5.75 Å². The van der Waals surface area contributed by atoms with Crippen molar-refractivity contribution >= 4 is 23.2 Å². The van der Waals surface area contributed by atoms with Crippen LogP contribution in [0.25, 0.3) is 0 Å². The number of amides is 2. The smallest absolute Gasteiger partial charge is 0.236 e. The third kappa shape index (κ3) is 3.92. The first kappa shape index (κ1) is 21.4. The number of nitrogens with zero attached hydrogens (tertiary/aromatic N) is 1. The van der Waals surface area contributed by atoms with Crippen LogP contribution in [0.15, 0.2) is 48.5 Å². The summed E-state index contributed by atoms with van der Waals surface area (Å²) in [6.45, 7) is 7.69. The molecule has 2 aliphatic heterocycles. The number of hydrogen-bond donors (Lipinski definition) is 1. The maximum Gasteiger partial charge on any atom is 0.236 e. The number of rotatable bonds is 4. The zero-order valence-corrected chi connectivity index (χ0v) is 18.4. The Kier molecular flexibility index (Phi) is 5.75. The molecular formula is C25H30N2O4. The Hall–Kier alpha value is -2.86. The van der Waals surface area contributed by atoms with Gasteiger partial charge in [0.05, 0.1) is 16.5 Å². The van der Waals surface area contributed by atoms with E-state index in [0.717, 1.165) is 11.3 Å². The molecule has 1 fully saturated rings. The summed E-state index contributed by atoms with van der Waals surface area (Å²) < 4.78 is 11.6. The van der Waals surface area contributed by atoms with E-state index in [0.29, 0.717) is 44.0 Å². The average molecular weight is 423 g/mol. The zero-order chi connectivity index (χ0) is 22.1. The Balaban J connectivity index is 1.64. The number of hydrogen-bond acceptors (Lipinski definition) is 4. The Labute approximate surface area is 183 Å². The third-order valence-electron chi connectivity index (χ3n) is 6.34. The van der Waals surface area contributed by atoms with E-state index in [9.17, 15) is 9.59 Å². The van der Waals surface area contributed by atoms with Gasteiger partial charge in [-0.05, 0) is 51.3 Å². The maximum absolute atomic E-state index is 13.5. The summed E-state index contributed by atoms with van der Waals surface area (Å²) in [4.78, 5) is 28.2. The fraction of sp³-hybridized carbons (Fsp3) is 0.440. The van der Waals surface area contributed by atoms with E-state index in [2.05, 4.69) is 5.32 Å². The van der Waals surface area contributed by atoms with Crippen LogP contribution in [-0.4, -0.2) is 38.2 Å². The summed E-state index contributed by atoms with van der Waals surface area (Å²) >= 11 is 0. The minimum absolute atomic E-state index is 0.0378. The number of carbonyl (C=O) groups is 2. The van der Waals surface area contributed by atoms with Crippen LogP contribution in [-0.2, 0) is 19.7 Å². The van der Waals surface area contributed by atoms with Crippen molar-refractivity contribution < 1.29 is 19.1 Å². The second kappa shape index (κ2) is 8.35. The molecule has 6 heteroatoms. The lowest BCUT2D eigenvalue weighted by Crippen LogP contribution is -2.44. The molecule has 1 N–H and O–H groups in total. The largest absolute Gasteiger partial charge is 0.490 e. The number of benzene rings is 2. The first-order valence-corrected chi connectivity index (χ1v) is 10.9. The summed E-state index contributed by atoms with van der Waals surface area (Å²) in [5.74, 6) is 0.606. The van der Waals surface area contributed by atoms with Crippen LogP contribution in [0, 0.1) is 5.41 Å². The second-order valence-corrected chi connectivity index (χ2v) is 8.92. The van der Waals surface area contributed by atoms with E-state index in [1.54, 1.807) is 4.90 Å². The summed E-state index contributed by atoms with van der Waals surface area (Å²) in [5.41, 5.74) is 1.17. The fourth-order valence-corrected chi connectivity index (χ4v) is 4.41. The molecule has 2 aromatic carbocycles. The highest BCUT2D eigenvalue weighted by Gasteiger charge is 2.42. The predicted molar refractivity (Wildman–Crippen MR) is 121 cm³/mol. The van der Waals surface area contributed by atoms with Gasteiger partial charge in [-0.25, -0.2) is 0 Å². The number of nitrogens with one attached hydrogen (secondary N) is 1. The Morgan fingerprint density at radius 1 is 1.10 bits per heavy atom. The molecule has 0 bridgehead atoms. The van der Waals surface area contributed by atoms with E-state index in [1.807, 2.05) is 69.3 Å². The SMILES string of the molecule is CCN1C(=O)C(C)(C)COc2cc(NC(=O)C3(c4ccccc4)CCOCC3)ccc21. The molecule has 1 saturated heterocycles. The number of fused-ring (bicyclic) bond motifs is 1. The number of anilines is 2. The highest BCUT2D eigenvalue weighted by molar-refractivity contribution is 6.01. The van der Waals surface area contributed by atoms with Gasteiger partial charge in [-0.15, -0.1) is 0 Å². The van der Waals surface area contributed by atoms with Gasteiger partial charge < -0.3 is 19.7 Å². The molecule has 0 unspecified atom stereocenters.